The van der Waals surface area contributed by atoms with Gasteiger partial charge in [0.05, 0.1) is 26.2 Å². The third-order valence-corrected chi connectivity index (χ3v) is 4.12. The highest BCUT2D eigenvalue weighted by molar-refractivity contribution is 7.80. The molecule has 1 amide bonds. The van der Waals surface area contributed by atoms with E-state index in [4.69, 9.17) is 35.4 Å². The summed E-state index contributed by atoms with van der Waals surface area (Å²) in [7, 11) is 0. The molecule has 0 aliphatic rings. The summed E-state index contributed by atoms with van der Waals surface area (Å²) in [6.45, 7) is 0.828. The highest BCUT2D eigenvalue weighted by Crippen LogP contribution is 2.26. The maximum Gasteiger partial charge on any atom is 0.271 e. The summed E-state index contributed by atoms with van der Waals surface area (Å²) in [6, 6.07) is 10.8. The topological polar surface area (TPSA) is 96.3 Å². The first-order chi connectivity index (χ1) is 12.4. The molecule has 0 aliphatic carbocycles. The molecule has 10 heteroatoms. The molecule has 0 heterocycles. The van der Waals surface area contributed by atoms with Gasteiger partial charge in [-0.25, -0.2) is 0 Å². The van der Waals surface area contributed by atoms with Gasteiger partial charge >= 0.3 is 0 Å². The predicted octanol–water partition coefficient (Wildman–Crippen LogP) is 3.62. The molecule has 2 rings (SSSR count). The number of halogens is 2. The molecular weight excluding hydrogens is 399 g/mol. The van der Waals surface area contributed by atoms with Crippen LogP contribution in [0.15, 0.2) is 42.5 Å². The zero-order chi connectivity index (χ0) is 19.1. The van der Waals surface area contributed by atoms with Crippen LogP contribution in [0.2, 0.25) is 10.0 Å². The van der Waals surface area contributed by atoms with Crippen LogP contribution in [0.1, 0.15) is 10.4 Å². The van der Waals surface area contributed by atoms with Crippen LogP contribution in [0, 0.1) is 10.1 Å². The number of nitrogens with one attached hydrogen (secondary N) is 3. The van der Waals surface area contributed by atoms with E-state index in [1.165, 1.54) is 18.2 Å². The van der Waals surface area contributed by atoms with Crippen LogP contribution in [-0.2, 0) is 0 Å². The molecule has 0 unspecified atom stereocenters. The van der Waals surface area contributed by atoms with Crippen molar-refractivity contribution < 1.29 is 9.72 Å². The summed E-state index contributed by atoms with van der Waals surface area (Å²) in [4.78, 5) is 22.2. The van der Waals surface area contributed by atoms with Gasteiger partial charge in [0.15, 0.2) is 5.11 Å². The van der Waals surface area contributed by atoms with Crippen LogP contribution in [0.25, 0.3) is 0 Å². The zero-order valence-corrected chi connectivity index (χ0v) is 15.6. The first-order valence-corrected chi connectivity index (χ1v) is 8.56. The van der Waals surface area contributed by atoms with Crippen molar-refractivity contribution in [1.82, 2.24) is 10.6 Å². The van der Waals surface area contributed by atoms with E-state index in [2.05, 4.69) is 16.0 Å². The van der Waals surface area contributed by atoms with Gasteiger partial charge in [-0.3, -0.25) is 20.2 Å². The number of nitrogens with zero attached hydrogens (tertiary/aromatic N) is 1. The average molecular weight is 413 g/mol. The van der Waals surface area contributed by atoms with Gasteiger partial charge in [-0.2, -0.15) is 0 Å². The van der Waals surface area contributed by atoms with E-state index in [0.29, 0.717) is 29.4 Å². The number of amides is 1. The Balaban J connectivity index is 1.78. The van der Waals surface area contributed by atoms with Crippen LogP contribution >= 0.6 is 35.4 Å². The van der Waals surface area contributed by atoms with Crippen molar-refractivity contribution in [3.05, 3.63) is 68.2 Å². The van der Waals surface area contributed by atoms with Gasteiger partial charge in [0.2, 0.25) is 0 Å². The van der Waals surface area contributed by atoms with Crippen LogP contribution in [-0.4, -0.2) is 29.0 Å². The first kappa shape index (κ1) is 19.9. The second-order valence-electron chi connectivity index (χ2n) is 5.04. The largest absolute Gasteiger partial charge is 0.382 e. The number of nitro benzene ring substituents is 1. The zero-order valence-electron chi connectivity index (χ0n) is 13.3. The third-order valence-electron chi connectivity index (χ3n) is 3.24. The van der Waals surface area contributed by atoms with Crippen molar-refractivity contribution in [3.63, 3.8) is 0 Å². The molecular formula is C16H14Cl2N4O3S. The lowest BCUT2D eigenvalue weighted by atomic mass is 10.2. The van der Waals surface area contributed by atoms with Gasteiger partial charge in [-0.05, 0) is 30.4 Å². The summed E-state index contributed by atoms with van der Waals surface area (Å²) in [5.74, 6) is -0.403. The fraction of sp³-hybridized carbons (Fsp3) is 0.125. The number of carbonyl (C=O) groups is 1. The Morgan fingerprint density at radius 2 is 1.85 bits per heavy atom. The van der Waals surface area contributed by atoms with Crippen molar-refractivity contribution in [2.24, 2.45) is 0 Å². The maximum absolute atomic E-state index is 12.1. The van der Waals surface area contributed by atoms with Crippen LogP contribution in [0.3, 0.4) is 0 Å². The lowest BCUT2D eigenvalue weighted by Gasteiger charge is -2.12. The smallest absolute Gasteiger partial charge is 0.271 e. The van der Waals surface area contributed by atoms with Gasteiger partial charge in [0.25, 0.3) is 11.6 Å². The van der Waals surface area contributed by atoms with E-state index in [-0.39, 0.29) is 15.8 Å². The van der Waals surface area contributed by atoms with E-state index < -0.39 is 10.8 Å². The Hall–Kier alpha value is -2.42. The molecule has 0 atom stereocenters. The predicted molar refractivity (Wildman–Crippen MR) is 106 cm³/mol. The standard InChI is InChI=1S/C16H14Cl2N4O3S/c17-12-4-2-1-3-11(12)15(23)21-16(26)20-8-7-19-14-6-5-10(22(24)25)9-13(14)18/h1-6,9,19H,7-8H2,(H2,20,21,23,26). The van der Waals surface area contributed by atoms with Crippen LogP contribution in [0.4, 0.5) is 11.4 Å². The second kappa shape index (κ2) is 9.33. The maximum atomic E-state index is 12.1. The quantitative estimate of drug-likeness (QED) is 0.290. The number of rotatable bonds is 6. The number of anilines is 1. The van der Waals surface area contributed by atoms with E-state index in [1.54, 1.807) is 24.3 Å². The molecule has 0 aromatic heterocycles. The monoisotopic (exact) mass is 412 g/mol. The number of carbonyl (C=O) groups excluding carboxylic acids is 1. The van der Waals surface area contributed by atoms with Gasteiger partial charge in [-0.1, -0.05) is 35.3 Å². The minimum absolute atomic E-state index is 0.0814. The summed E-state index contributed by atoms with van der Waals surface area (Å²) in [5, 5.41) is 19.8. The molecule has 0 fully saturated rings. The lowest BCUT2D eigenvalue weighted by molar-refractivity contribution is -0.384. The third kappa shape index (κ3) is 5.55. The van der Waals surface area contributed by atoms with Gasteiger partial charge in [-0.15, -0.1) is 0 Å². The fourth-order valence-corrected chi connectivity index (χ4v) is 2.65. The summed E-state index contributed by atoms with van der Waals surface area (Å²) in [6.07, 6.45) is 0. The molecule has 0 spiro atoms. The number of thiocarbonyl (C=S) groups is 1. The Morgan fingerprint density at radius 1 is 1.12 bits per heavy atom. The van der Waals surface area contributed by atoms with Gasteiger partial charge in [0, 0.05) is 25.2 Å². The molecule has 7 nitrogen and oxygen atoms in total. The Bertz CT molecular complexity index is 848. The number of hydrogen-bond donors (Lipinski definition) is 3. The van der Waals surface area contributed by atoms with E-state index in [0.717, 1.165) is 0 Å². The van der Waals surface area contributed by atoms with Crippen molar-refractivity contribution >= 4 is 57.8 Å². The Labute approximate surface area is 164 Å². The molecule has 2 aromatic rings. The van der Waals surface area contributed by atoms with E-state index in [1.807, 2.05) is 0 Å². The van der Waals surface area contributed by atoms with Crippen molar-refractivity contribution in [2.45, 2.75) is 0 Å². The average Bonchev–Trinajstić information content (AvgIpc) is 2.59. The molecule has 3 N–H and O–H groups in total. The normalized spacial score (nSPS) is 10.1. The molecule has 0 saturated heterocycles. The SMILES string of the molecule is O=C(NC(=S)NCCNc1ccc([N+](=O)[O-])cc1Cl)c1ccccc1Cl. The minimum atomic E-state index is -0.517. The van der Waals surface area contributed by atoms with Crippen molar-refractivity contribution in [1.29, 1.82) is 0 Å². The fourth-order valence-electron chi connectivity index (χ4n) is 1.99. The molecule has 0 radical (unpaired) electrons. The minimum Gasteiger partial charge on any atom is -0.382 e. The highest BCUT2D eigenvalue weighted by atomic mass is 35.5. The van der Waals surface area contributed by atoms with Crippen molar-refractivity contribution in [2.75, 3.05) is 18.4 Å². The second-order valence-corrected chi connectivity index (χ2v) is 6.26. The molecule has 0 saturated carbocycles. The van der Waals surface area contributed by atoms with Gasteiger partial charge < -0.3 is 10.6 Å². The number of non-ortho nitro benzene ring substituents is 1. The number of nitro groups is 1. The van der Waals surface area contributed by atoms with Crippen molar-refractivity contribution in [3.8, 4) is 0 Å². The molecule has 136 valence electrons. The summed E-state index contributed by atoms with van der Waals surface area (Å²) < 4.78 is 0. The van der Waals surface area contributed by atoms with Gasteiger partial charge in [0.1, 0.15) is 0 Å². The van der Waals surface area contributed by atoms with Crippen LogP contribution in [0.5, 0.6) is 0 Å². The lowest BCUT2D eigenvalue weighted by Crippen LogP contribution is -2.41. The highest BCUT2D eigenvalue weighted by Gasteiger charge is 2.11. The number of benzene rings is 2. The number of hydrogen-bond acceptors (Lipinski definition) is 5. The summed E-state index contributed by atoms with van der Waals surface area (Å²) in [5.41, 5.74) is 0.807. The van der Waals surface area contributed by atoms with E-state index in [9.17, 15) is 14.9 Å². The molecule has 2 aromatic carbocycles. The Morgan fingerprint density at radius 3 is 2.50 bits per heavy atom. The Kier molecular flexibility index (Phi) is 7.14. The first-order valence-electron chi connectivity index (χ1n) is 7.40. The molecule has 0 aliphatic heterocycles. The molecule has 26 heavy (non-hydrogen) atoms. The summed E-state index contributed by atoms with van der Waals surface area (Å²) >= 11 is 17.0. The van der Waals surface area contributed by atoms with Crippen LogP contribution < -0.4 is 16.0 Å². The van der Waals surface area contributed by atoms with E-state index >= 15 is 0 Å². The molecule has 0 bridgehead atoms.